The summed E-state index contributed by atoms with van der Waals surface area (Å²) in [7, 11) is 0. The highest BCUT2D eigenvalue weighted by Gasteiger charge is 2.13. The van der Waals surface area contributed by atoms with Gasteiger partial charge < -0.3 is 15.6 Å². The number of hydrogen-bond acceptors (Lipinski definition) is 5. The lowest BCUT2D eigenvalue weighted by Gasteiger charge is -2.14. The Morgan fingerprint density at radius 3 is 2.84 bits per heavy atom. The molecule has 0 radical (unpaired) electrons. The van der Waals surface area contributed by atoms with Gasteiger partial charge >= 0.3 is 0 Å². The first-order chi connectivity index (χ1) is 11.9. The van der Waals surface area contributed by atoms with Crippen molar-refractivity contribution >= 4 is 40.2 Å². The third kappa shape index (κ3) is 3.95. The Bertz CT molecular complexity index is 1000. The van der Waals surface area contributed by atoms with Crippen LogP contribution in [0.1, 0.15) is 25.5 Å². The second-order valence-corrected chi connectivity index (χ2v) is 6.03. The third-order valence-electron chi connectivity index (χ3n) is 3.61. The van der Waals surface area contributed by atoms with E-state index in [1.54, 1.807) is 30.3 Å². The number of nitrogens with one attached hydrogen (secondary N) is 3. The SMILES string of the molecule is CC(=O)Nc1ccnc(NC(C)c2cc3cc(Cl)ccc3[nH]c2=O)n1. The normalized spacial score (nSPS) is 12.0. The number of amides is 1. The van der Waals surface area contributed by atoms with E-state index >= 15 is 0 Å². The fraction of sp³-hybridized carbons (Fsp3) is 0.176. The molecule has 3 rings (SSSR count). The molecular formula is C17H16ClN5O2. The molecule has 1 unspecified atom stereocenters. The van der Waals surface area contributed by atoms with Crippen LogP contribution in [0.2, 0.25) is 5.02 Å². The molecule has 1 amide bonds. The van der Waals surface area contributed by atoms with Crippen LogP contribution >= 0.6 is 11.6 Å². The van der Waals surface area contributed by atoms with Crippen molar-refractivity contribution in [2.24, 2.45) is 0 Å². The van der Waals surface area contributed by atoms with E-state index in [1.807, 2.05) is 6.92 Å². The van der Waals surface area contributed by atoms with Gasteiger partial charge in [0.1, 0.15) is 5.82 Å². The molecule has 7 nitrogen and oxygen atoms in total. The summed E-state index contributed by atoms with van der Waals surface area (Å²) in [4.78, 5) is 34.6. The molecule has 1 aromatic carbocycles. The van der Waals surface area contributed by atoms with Crippen LogP contribution in [-0.2, 0) is 4.79 Å². The Kier molecular flexibility index (Phi) is 4.67. The molecule has 128 valence electrons. The smallest absolute Gasteiger partial charge is 0.253 e. The number of hydrogen-bond donors (Lipinski definition) is 3. The lowest BCUT2D eigenvalue weighted by atomic mass is 10.1. The fourth-order valence-electron chi connectivity index (χ4n) is 2.47. The molecule has 2 aromatic heterocycles. The molecule has 3 aromatic rings. The zero-order valence-electron chi connectivity index (χ0n) is 13.6. The minimum atomic E-state index is -0.347. The van der Waals surface area contributed by atoms with Gasteiger partial charge in [-0.3, -0.25) is 9.59 Å². The molecule has 0 fully saturated rings. The first kappa shape index (κ1) is 16.9. The average molecular weight is 358 g/mol. The third-order valence-corrected chi connectivity index (χ3v) is 3.84. The van der Waals surface area contributed by atoms with Crippen LogP contribution in [-0.4, -0.2) is 20.9 Å². The predicted molar refractivity (Wildman–Crippen MR) is 98.0 cm³/mol. The minimum absolute atomic E-state index is 0.201. The van der Waals surface area contributed by atoms with Crippen LogP contribution in [0.3, 0.4) is 0 Å². The number of benzene rings is 1. The van der Waals surface area contributed by atoms with Gasteiger partial charge in [0.25, 0.3) is 5.56 Å². The van der Waals surface area contributed by atoms with Crippen molar-refractivity contribution in [1.82, 2.24) is 15.0 Å². The van der Waals surface area contributed by atoms with Crippen molar-refractivity contribution in [3.8, 4) is 0 Å². The van der Waals surface area contributed by atoms with Gasteiger partial charge in [-0.05, 0) is 37.3 Å². The summed E-state index contributed by atoms with van der Waals surface area (Å²) in [5, 5.41) is 7.08. The maximum atomic E-state index is 12.3. The number of aromatic amines is 1. The number of carbonyl (C=O) groups excluding carboxylic acids is 1. The summed E-state index contributed by atoms with van der Waals surface area (Å²) in [6.45, 7) is 3.23. The fourth-order valence-corrected chi connectivity index (χ4v) is 2.65. The quantitative estimate of drug-likeness (QED) is 0.666. The van der Waals surface area contributed by atoms with Crippen LogP contribution in [0, 0.1) is 0 Å². The van der Waals surface area contributed by atoms with Gasteiger partial charge in [-0.2, -0.15) is 4.98 Å². The highest BCUT2D eigenvalue weighted by atomic mass is 35.5. The second kappa shape index (κ2) is 6.90. The van der Waals surface area contributed by atoms with Gasteiger partial charge in [0.15, 0.2) is 0 Å². The van der Waals surface area contributed by atoms with Crippen molar-refractivity contribution in [3.63, 3.8) is 0 Å². The van der Waals surface area contributed by atoms with Crippen LogP contribution in [0.25, 0.3) is 10.9 Å². The first-order valence-electron chi connectivity index (χ1n) is 7.62. The first-order valence-corrected chi connectivity index (χ1v) is 8.00. The largest absolute Gasteiger partial charge is 0.347 e. The van der Waals surface area contributed by atoms with E-state index in [-0.39, 0.29) is 17.5 Å². The standard InChI is InChI=1S/C17H16ClN5O2/c1-9(20-17-19-6-5-15(23-17)21-10(2)24)13-8-11-7-12(18)3-4-14(11)22-16(13)25/h3-9H,1-2H3,(H,22,25)(H2,19,20,21,23,24). The number of H-pyrrole nitrogens is 1. The summed E-state index contributed by atoms with van der Waals surface area (Å²) >= 11 is 6.02. The van der Waals surface area contributed by atoms with E-state index in [0.29, 0.717) is 27.9 Å². The molecular weight excluding hydrogens is 342 g/mol. The van der Waals surface area contributed by atoms with Crippen molar-refractivity contribution in [1.29, 1.82) is 0 Å². The monoisotopic (exact) mass is 357 g/mol. The summed E-state index contributed by atoms with van der Waals surface area (Å²) in [6.07, 6.45) is 1.53. The Morgan fingerprint density at radius 2 is 2.08 bits per heavy atom. The van der Waals surface area contributed by atoms with Crippen LogP contribution in [0.4, 0.5) is 11.8 Å². The van der Waals surface area contributed by atoms with Crippen LogP contribution in [0.5, 0.6) is 0 Å². The van der Waals surface area contributed by atoms with Gasteiger partial charge in [0.05, 0.1) is 6.04 Å². The lowest BCUT2D eigenvalue weighted by Crippen LogP contribution is -2.20. The molecule has 1 atom stereocenters. The predicted octanol–water partition coefficient (Wildman–Crippen LogP) is 3.10. The summed E-state index contributed by atoms with van der Waals surface area (Å²) in [5.41, 5.74) is 1.05. The van der Waals surface area contributed by atoms with E-state index in [4.69, 9.17) is 11.6 Å². The molecule has 2 heterocycles. The topological polar surface area (TPSA) is 99.8 Å². The Labute approximate surface area is 148 Å². The Balaban J connectivity index is 1.89. The molecule has 8 heteroatoms. The molecule has 3 N–H and O–H groups in total. The van der Waals surface area contributed by atoms with Crippen LogP contribution in [0.15, 0.2) is 41.3 Å². The number of nitrogens with zero attached hydrogens (tertiary/aromatic N) is 2. The molecule has 0 saturated carbocycles. The van der Waals surface area contributed by atoms with Crippen molar-refractivity contribution in [2.45, 2.75) is 19.9 Å². The highest BCUT2D eigenvalue weighted by Crippen LogP contribution is 2.21. The van der Waals surface area contributed by atoms with Gasteiger partial charge in [-0.1, -0.05) is 11.6 Å². The van der Waals surface area contributed by atoms with Crippen molar-refractivity contribution in [2.75, 3.05) is 10.6 Å². The number of carbonyl (C=O) groups is 1. The number of rotatable bonds is 4. The average Bonchev–Trinajstić information content (AvgIpc) is 2.54. The maximum absolute atomic E-state index is 12.3. The minimum Gasteiger partial charge on any atom is -0.347 e. The summed E-state index contributed by atoms with van der Waals surface area (Å²) in [5.74, 6) is 0.473. The van der Waals surface area contributed by atoms with E-state index < -0.39 is 0 Å². The van der Waals surface area contributed by atoms with E-state index in [2.05, 4.69) is 25.6 Å². The maximum Gasteiger partial charge on any atom is 0.253 e. The van der Waals surface area contributed by atoms with E-state index in [9.17, 15) is 9.59 Å². The molecule has 0 bridgehead atoms. The van der Waals surface area contributed by atoms with E-state index in [0.717, 1.165) is 5.39 Å². The molecule has 0 aliphatic carbocycles. The number of anilines is 2. The second-order valence-electron chi connectivity index (χ2n) is 5.60. The van der Waals surface area contributed by atoms with Gasteiger partial charge in [0, 0.05) is 34.6 Å². The van der Waals surface area contributed by atoms with Gasteiger partial charge in [-0.25, -0.2) is 4.98 Å². The Hall–Kier alpha value is -2.93. The van der Waals surface area contributed by atoms with Crippen molar-refractivity contribution in [3.05, 3.63) is 57.5 Å². The summed E-state index contributed by atoms with van der Waals surface area (Å²) in [6, 6.07) is 8.30. The molecule has 25 heavy (non-hydrogen) atoms. The molecule has 0 aliphatic rings. The van der Waals surface area contributed by atoms with Gasteiger partial charge in [-0.15, -0.1) is 0 Å². The summed E-state index contributed by atoms with van der Waals surface area (Å²) < 4.78 is 0. The van der Waals surface area contributed by atoms with Crippen molar-refractivity contribution < 1.29 is 4.79 Å². The van der Waals surface area contributed by atoms with Crippen LogP contribution < -0.4 is 16.2 Å². The zero-order chi connectivity index (χ0) is 18.0. The zero-order valence-corrected chi connectivity index (χ0v) is 14.4. The highest BCUT2D eigenvalue weighted by molar-refractivity contribution is 6.31. The van der Waals surface area contributed by atoms with Gasteiger partial charge in [0.2, 0.25) is 11.9 Å². The number of pyridine rings is 1. The molecule has 0 spiro atoms. The molecule has 0 aliphatic heterocycles. The molecule has 0 saturated heterocycles. The lowest BCUT2D eigenvalue weighted by molar-refractivity contribution is -0.114. The Morgan fingerprint density at radius 1 is 1.28 bits per heavy atom. The number of fused-ring (bicyclic) bond motifs is 1. The van der Waals surface area contributed by atoms with E-state index in [1.165, 1.54) is 13.1 Å². The number of aromatic nitrogens is 3. The number of halogens is 1.